The molecule has 1 amide bonds. The Morgan fingerprint density at radius 1 is 1.09 bits per heavy atom. The molecule has 2 aromatic carbocycles. The average Bonchev–Trinajstić information content (AvgIpc) is 3.29. The van der Waals surface area contributed by atoms with Crippen LogP contribution in [0.4, 0.5) is 4.39 Å². The first-order chi connectivity index (χ1) is 15.6. The summed E-state index contributed by atoms with van der Waals surface area (Å²) in [5.41, 5.74) is 2.97. The van der Waals surface area contributed by atoms with Crippen LogP contribution in [0.3, 0.4) is 0 Å². The number of nitrogens with zero attached hydrogens (tertiary/aromatic N) is 3. The molecule has 32 heavy (non-hydrogen) atoms. The molecule has 7 nitrogen and oxygen atoms in total. The van der Waals surface area contributed by atoms with Gasteiger partial charge in [0.2, 0.25) is 17.7 Å². The molecule has 3 aromatic rings. The summed E-state index contributed by atoms with van der Waals surface area (Å²) in [4.78, 5) is 14.8. The third-order valence-electron chi connectivity index (χ3n) is 5.57. The SMILES string of the molecule is Cc1ccc(-c2nnc(CCC(=O)NC[C@@H](c3ccc(F)cc3)N3CCOCC3)o2)cc1. The zero-order valence-corrected chi connectivity index (χ0v) is 18.1. The second kappa shape index (κ2) is 10.5. The number of nitrogens with one attached hydrogen (secondary N) is 1. The maximum absolute atomic E-state index is 13.4. The van der Waals surface area contributed by atoms with Gasteiger partial charge < -0.3 is 14.5 Å². The van der Waals surface area contributed by atoms with Crippen LogP contribution in [0, 0.1) is 12.7 Å². The summed E-state index contributed by atoms with van der Waals surface area (Å²) < 4.78 is 24.5. The van der Waals surface area contributed by atoms with Crippen molar-refractivity contribution in [1.29, 1.82) is 0 Å². The molecule has 1 atom stereocenters. The van der Waals surface area contributed by atoms with E-state index in [4.69, 9.17) is 9.15 Å². The quantitative estimate of drug-likeness (QED) is 0.581. The number of carbonyl (C=O) groups excluding carboxylic acids is 1. The van der Waals surface area contributed by atoms with E-state index in [9.17, 15) is 9.18 Å². The molecule has 2 heterocycles. The van der Waals surface area contributed by atoms with Crippen LogP contribution in [0.15, 0.2) is 52.9 Å². The molecule has 0 aliphatic carbocycles. The Balaban J connectivity index is 1.32. The van der Waals surface area contributed by atoms with E-state index in [2.05, 4.69) is 20.4 Å². The van der Waals surface area contributed by atoms with Gasteiger partial charge in [-0.2, -0.15) is 0 Å². The van der Waals surface area contributed by atoms with Crippen LogP contribution in [-0.4, -0.2) is 53.9 Å². The van der Waals surface area contributed by atoms with Crippen molar-refractivity contribution in [3.8, 4) is 11.5 Å². The lowest BCUT2D eigenvalue weighted by molar-refractivity contribution is -0.121. The third-order valence-corrected chi connectivity index (χ3v) is 5.57. The Kier molecular flexibility index (Phi) is 7.24. The van der Waals surface area contributed by atoms with E-state index in [0.717, 1.165) is 29.8 Å². The molecule has 1 N–H and O–H groups in total. The summed E-state index contributed by atoms with van der Waals surface area (Å²) in [6.45, 7) is 5.27. The molecule has 0 unspecified atom stereocenters. The predicted octanol–water partition coefficient (Wildman–Crippen LogP) is 3.31. The van der Waals surface area contributed by atoms with Crippen molar-refractivity contribution in [2.75, 3.05) is 32.8 Å². The molecular weight excluding hydrogens is 411 g/mol. The lowest BCUT2D eigenvalue weighted by Gasteiger charge is -2.35. The average molecular weight is 439 g/mol. The molecule has 1 aliphatic heterocycles. The van der Waals surface area contributed by atoms with Crippen molar-refractivity contribution >= 4 is 5.91 Å². The van der Waals surface area contributed by atoms with E-state index >= 15 is 0 Å². The summed E-state index contributed by atoms with van der Waals surface area (Å²) in [7, 11) is 0. The van der Waals surface area contributed by atoms with Gasteiger partial charge in [-0.3, -0.25) is 9.69 Å². The van der Waals surface area contributed by atoms with E-state index < -0.39 is 0 Å². The molecule has 1 aromatic heterocycles. The zero-order chi connectivity index (χ0) is 22.3. The van der Waals surface area contributed by atoms with Gasteiger partial charge >= 0.3 is 0 Å². The van der Waals surface area contributed by atoms with Crippen LogP contribution in [-0.2, 0) is 16.0 Å². The molecular formula is C24H27FN4O3. The number of benzene rings is 2. The highest BCUT2D eigenvalue weighted by Crippen LogP contribution is 2.22. The van der Waals surface area contributed by atoms with Crippen LogP contribution >= 0.6 is 0 Å². The molecule has 1 saturated heterocycles. The maximum atomic E-state index is 13.4. The summed E-state index contributed by atoms with van der Waals surface area (Å²) in [5, 5.41) is 11.1. The van der Waals surface area contributed by atoms with Crippen LogP contribution in [0.5, 0.6) is 0 Å². The third kappa shape index (κ3) is 5.77. The van der Waals surface area contributed by atoms with E-state index in [1.165, 1.54) is 12.1 Å². The topological polar surface area (TPSA) is 80.5 Å². The fraction of sp³-hybridized carbons (Fsp3) is 0.375. The minimum Gasteiger partial charge on any atom is -0.421 e. The molecule has 0 bridgehead atoms. The highest BCUT2D eigenvalue weighted by molar-refractivity contribution is 5.76. The maximum Gasteiger partial charge on any atom is 0.247 e. The van der Waals surface area contributed by atoms with Crippen LogP contribution in [0.2, 0.25) is 0 Å². The van der Waals surface area contributed by atoms with Crippen LogP contribution in [0.25, 0.3) is 11.5 Å². The number of rotatable bonds is 8. The standard InChI is InChI=1S/C24H27FN4O3/c1-17-2-4-19(5-3-17)24-28-27-23(32-24)11-10-22(30)26-16-21(29-12-14-31-15-13-29)18-6-8-20(25)9-7-18/h2-9,21H,10-16H2,1H3,(H,26,30)/t21-/m0/s1. The van der Waals surface area contributed by atoms with Gasteiger partial charge in [-0.15, -0.1) is 10.2 Å². The predicted molar refractivity (Wildman–Crippen MR) is 117 cm³/mol. The fourth-order valence-electron chi connectivity index (χ4n) is 3.72. The minimum atomic E-state index is -0.275. The summed E-state index contributed by atoms with van der Waals surface area (Å²) in [6.07, 6.45) is 0.609. The first-order valence-electron chi connectivity index (χ1n) is 10.8. The Morgan fingerprint density at radius 3 is 2.53 bits per heavy atom. The number of hydrogen-bond donors (Lipinski definition) is 1. The van der Waals surface area contributed by atoms with E-state index in [1.54, 1.807) is 12.1 Å². The highest BCUT2D eigenvalue weighted by atomic mass is 19.1. The largest absolute Gasteiger partial charge is 0.421 e. The number of ether oxygens (including phenoxy) is 1. The number of carbonyl (C=O) groups is 1. The smallest absolute Gasteiger partial charge is 0.247 e. The molecule has 0 radical (unpaired) electrons. The van der Waals surface area contributed by atoms with Gasteiger partial charge in [-0.05, 0) is 36.8 Å². The number of hydrogen-bond acceptors (Lipinski definition) is 6. The number of aryl methyl sites for hydroxylation is 2. The van der Waals surface area contributed by atoms with Gasteiger partial charge in [-0.25, -0.2) is 4.39 Å². The molecule has 1 aliphatic rings. The van der Waals surface area contributed by atoms with E-state index in [-0.39, 0.29) is 24.2 Å². The number of amides is 1. The van der Waals surface area contributed by atoms with Gasteiger partial charge in [0, 0.05) is 38.0 Å². The van der Waals surface area contributed by atoms with Crippen molar-refractivity contribution in [3.05, 3.63) is 71.4 Å². The lowest BCUT2D eigenvalue weighted by atomic mass is 10.0. The minimum absolute atomic E-state index is 0.0417. The van der Waals surface area contributed by atoms with Crippen molar-refractivity contribution in [2.24, 2.45) is 0 Å². The number of morpholine rings is 1. The van der Waals surface area contributed by atoms with Gasteiger partial charge in [-0.1, -0.05) is 29.8 Å². The Hall–Kier alpha value is -3.10. The van der Waals surface area contributed by atoms with Gasteiger partial charge in [0.25, 0.3) is 0 Å². The van der Waals surface area contributed by atoms with E-state index in [0.29, 0.717) is 38.0 Å². The molecule has 1 fully saturated rings. The van der Waals surface area contributed by atoms with Crippen molar-refractivity contribution in [2.45, 2.75) is 25.8 Å². The Bertz CT molecular complexity index is 1010. The Morgan fingerprint density at radius 2 is 1.81 bits per heavy atom. The monoisotopic (exact) mass is 438 g/mol. The Labute approximate surface area is 186 Å². The summed E-state index contributed by atoms with van der Waals surface area (Å²) in [6, 6.07) is 14.2. The molecule has 0 saturated carbocycles. The van der Waals surface area contributed by atoms with Gasteiger partial charge in [0.15, 0.2) is 0 Å². The summed E-state index contributed by atoms with van der Waals surface area (Å²) in [5.74, 6) is 0.506. The second-order valence-electron chi connectivity index (χ2n) is 7.89. The first-order valence-corrected chi connectivity index (χ1v) is 10.8. The van der Waals surface area contributed by atoms with Crippen LogP contribution in [0.1, 0.15) is 29.5 Å². The number of halogens is 1. The second-order valence-corrected chi connectivity index (χ2v) is 7.89. The first kappa shape index (κ1) is 22.1. The van der Waals surface area contributed by atoms with Crippen LogP contribution < -0.4 is 5.32 Å². The van der Waals surface area contributed by atoms with E-state index in [1.807, 2.05) is 31.2 Å². The van der Waals surface area contributed by atoms with Gasteiger partial charge in [0.1, 0.15) is 5.82 Å². The zero-order valence-electron chi connectivity index (χ0n) is 18.1. The lowest BCUT2D eigenvalue weighted by Crippen LogP contribution is -2.43. The normalized spacial score (nSPS) is 15.4. The fourth-order valence-corrected chi connectivity index (χ4v) is 3.72. The molecule has 168 valence electrons. The van der Waals surface area contributed by atoms with Gasteiger partial charge in [0.05, 0.1) is 19.3 Å². The summed E-state index contributed by atoms with van der Waals surface area (Å²) >= 11 is 0. The van der Waals surface area contributed by atoms with Crippen molar-refractivity contribution in [3.63, 3.8) is 0 Å². The van der Waals surface area contributed by atoms with Crippen molar-refractivity contribution in [1.82, 2.24) is 20.4 Å². The van der Waals surface area contributed by atoms with Crippen molar-refractivity contribution < 1.29 is 18.3 Å². The molecule has 8 heteroatoms. The highest BCUT2D eigenvalue weighted by Gasteiger charge is 2.23. The number of aromatic nitrogens is 2. The molecule has 0 spiro atoms. The molecule has 4 rings (SSSR count).